The van der Waals surface area contributed by atoms with Gasteiger partial charge in [0.05, 0.1) is 12.1 Å². The van der Waals surface area contributed by atoms with Crippen molar-refractivity contribution in [3.63, 3.8) is 0 Å². The van der Waals surface area contributed by atoms with Crippen LogP contribution in [0.4, 0.5) is 4.79 Å². The molecule has 0 saturated carbocycles. The minimum Gasteiger partial charge on any atom is -0.376 e. The zero-order valence-electron chi connectivity index (χ0n) is 18.2. The molecule has 9 heteroatoms. The Kier molecular flexibility index (Phi) is 7.30. The molecule has 0 bridgehead atoms. The summed E-state index contributed by atoms with van der Waals surface area (Å²) in [5.74, 6) is -0.105. The van der Waals surface area contributed by atoms with Gasteiger partial charge in [-0.1, -0.05) is 29.3 Å². The topological polar surface area (TPSA) is 53.1 Å². The van der Waals surface area contributed by atoms with Gasteiger partial charge in [0.25, 0.3) is 0 Å². The number of benzene rings is 1. The molecule has 0 aliphatic carbocycles. The molecule has 1 aromatic carbocycles. The Bertz CT molecular complexity index is 991. The van der Waals surface area contributed by atoms with E-state index < -0.39 is 0 Å². The second-order valence-corrected chi connectivity index (χ2v) is 10.2. The molecule has 1 aromatic heterocycles. The first-order valence-electron chi connectivity index (χ1n) is 10.7. The summed E-state index contributed by atoms with van der Waals surface area (Å²) in [7, 11) is 3.40. The lowest BCUT2D eigenvalue weighted by atomic mass is 9.93. The third-order valence-corrected chi connectivity index (χ3v) is 7.53. The predicted octanol–water partition coefficient (Wildman–Crippen LogP) is 4.69. The summed E-state index contributed by atoms with van der Waals surface area (Å²) < 4.78 is 5.73. The second kappa shape index (κ2) is 10.00. The van der Waals surface area contributed by atoms with Crippen molar-refractivity contribution >= 4 is 46.5 Å². The first-order chi connectivity index (χ1) is 15.3. The molecule has 0 radical (unpaired) electrons. The summed E-state index contributed by atoms with van der Waals surface area (Å²) in [6, 6.07) is 6.96. The Hall–Kier alpha value is -1.80. The lowest BCUT2D eigenvalue weighted by molar-refractivity contribution is -0.134. The molecule has 2 aliphatic rings. The molecule has 0 N–H and O–H groups in total. The fourth-order valence-corrected chi connectivity index (χ4v) is 5.84. The van der Waals surface area contributed by atoms with Crippen LogP contribution in [0.1, 0.15) is 34.9 Å². The van der Waals surface area contributed by atoms with Crippen LogP contribution >= 0.6 is 34.5 Å². The van der Waals surface area contributed by atoms with Gasteiger partial charge in [-0.05, 0) is 54.0 Å². The summed E-state index contributed by atoms with van der Waals surface area (Å²) in [4.78, 5) is 32.7. The quantitative estimate of drug-likeness (QED) is 0.604. The molecule has 3 amide bonds. The number of thiophene rings is 1. The predicted molar refractivity (Wildman–Crippen MR) is 128 cm³/mol. The van der Waals surface area contributed by atoms with Gasteiger partial charge < -0.3 is 19.4 Å². The van der Waals surface area contributed by atoms with Crippen LogP contribution in [-0.4, -0.2) is 73.1 Å². The maximum atomic E-state index is 13.6. The van der Waals surface area contributed by atoms with E-state index in [2.05, 4.69) is 11.4 Å². The van der Waals surface area contributed by atoms with Crippen LogP contribution in [0.3, 0.4) is 0 Å². The number of hydrogen-bond acceptors (Lipinski definition) is 4. The lowest BCUT2D eigenvalue weighted by Gasteiger charge is -2.38. The lowest BCUT2D eigenvalue weighted by Crippen LogP contribution is -2.50. The van der Waals surface area contributed by atoms with Crippen molar-refractivity contribution in [2.45, 2.75) is 31.4 Å². The number of urea groups is 1. The minimum atomic E-state index is -0.304. The van der Waals surface area contributed by atoms with E-state index >= 15 is 0 Å². The molecular formula is C23H27Cl2N3O3S. The molecule has 2 aromatic rings. The van der Waals surface area contributed by atoms with Crippen LogP contribution in [0.5, 0.6) is 0 Å². The van der Waals surface area contributed by atoms with E-state index in [1.54, 1.807) is 42.5 Å². The fourth-order valence-electron chi connectivity index (χ4n) is 4.43. The molecule has 1 saturated heterocycles. The molecular weight excluding hydrogens is 469 g/mol. The van der Waals surface area contributed by atoms with Gasteiger partial charge in [-0.3, -0.25) is 4.79 Å². The summed E-state index contributed by atoms with van der Waals surface area (Å²) in [6.07, 6.45) is 2.63. The molecule has 32 heavy (non-hydrogen) atoms. The molecule has 4 rings (SSSR count). The van der Waals surface area contributed by atoms with Crippen molar-refractivity contribution in [1.82, 2.24) is 14.7 Å². The Labute approximate surface area is 202 Å². The number of rotatable bonds is 5. The standard InChI is InChI=1S/C23H27Cl2N3O3S/c1-26(2)23(30)27(13-16-4-3-10-31-16)14-21(29)28-9-7-20-18(8-11-32-20)22(28)17-6-5-15(24)12-19(17)25/h5-6,8,11-12,16,22H,3-4,7,9-10,13-14H2,1-2H3. The molecule has 3 heterocycles. The number of halogens is 2. The molecule has 2 unspecified atom stereocenters. The molecule has 0 spiro atoms. The number of fused-ring (bicyclic) bond motifs is 1. The number of hydrogen-bond donors (Lipinski definition) is 0. The van der Waals surface area contributed by atoms with E-state index in [1.807, 2.05) is 11.0 Å². The highest BCUT2D eigenvalue weighted by atomic mass is 35.5. The van der Waals surface area contributed by atoms with E-state index in [4.69, 9.17) is 27.9 Å². The van der Waals surface area contributed by atoms with Crippen LogP contribution in [0.2, 0.25) is 10.0 Å². The third-order valence-electron chi connectivity index (χ3n) is 5.97. The van der Waals surface area contributed by atoms with Crippen LogP contribution in [0, 0.1) is 0 Å². The van der Waals surface area contributed by atoms with E-state index in [0.717, 1.165) is 30.4 Å². The van der Waals surface area contributed by atoms with Crippen molar-refractivity contribution in [2.24, 2.45) is 0 Å². The van der Waals surface area contributed by atoms with Gasteiger partial charge in [0.1, 0.15) is 6.54 Å². The zero-order chi connectivity index (χ0) is 22.8. The minimum absolute atomic E-state index is 0.00193. The number of carbonyl (C=O) groups is 2. The van der Waals surface area contributed by atoms with Crippen molar-refractivity contribution in [2.75, 3.05) is 40.3 Å². The summed E-state index contributed by atoms with van der Waals surface area (Å²) in [6.45, 7) is 1.68. The van der Waals surface area contributed by atoms with Gasteiger partial charge in [-0.25, -0.2) is 4.79 Å². The average Bonchev–Trinajstić information content (AvgIpc) is 3.44. The average molecular weight is 496 g/mol. The van der Waals surface area contributed by atoms with Gasteiger partial charge >= 0.3 is 6.03 Å². The summed E-state index contributed by atoms with van der Waals surface area (Å²) >= 11 is 14.4. The van der Waals surface area contributed by atoms with Gasteiger partial charge in [0, 0.05) is 48.7 Å². The van der Waals surface area contributed by atoms with E-state index in [-0.39, 0.29) is 30.6 Å². The van der Waals surface area contributed by atoms with Gasteiger partial charge in [0.15, 0.2) is 0 Å². The highest BCUT2D eigenvalue weighted by molar-refractivity contribution is 7.10. The Morgan fingerprint density at radius 3 is 2.72 bits per heavy atom. The number of carbonyl (C=O) groups excluding carboxylic acids is 2. The second-order valence-electron chi connectivity index (χ2n) is 8.40. The van der Waals surface area contributed by atoms with Crippen molar-refractivity contribution < 1.29 is 14.3 Å². The first kappa shape index (κ1) is 23.4. The Balaban J connectivity index is 1.62. The normalized spacial score (nSPS) is 20.2. The van der Waals surface area contributed by atoms with Gasteiger partial charge in [0.2, 0.25) is 5.91 Å². The highest BCUT2D eigenvalue weighted by Crippen LogP contribution is 2.41. The Morgan fingerprint density at radius 2 is 2.03 bits per heavy atom. The maximum Gasteiger partial charge on any atom is 0.320 e. The van der Waals surface area contributed by atoms with E-state index in [0.29, 0.717) is 29.7 Å². The molecule has 6 nitrogen and oxygen atoms in total. The largest absolute Gasteiger partial charge is 0.376 e. The van der Waals surface area contributed by atoms with Crippen LogP contribution in [0.25, 0.3) is 0 Å². The van der Waals surface area contributed by atoms with Crippen molar-refractivity contribution in [1.29, 1.82) is 0 Å². The summed E-state index contributed by atoms with van der Waals surface area (Å²) in [5, 5.41) is 3.13. The Morgan fingerprint density at radius 1 is 1.22 bits per heavy atom. The van der Waals surface area contributed by atoms with E-state index in [1.165, 1.54) is 9.78 Å². The van der Waals surface area contributed by atoms with Crippen molar-refractivity contribution in [3.8, 4) is 0 Å². The highest BCUT2D eigenvalue weighted by Gasteiger charge is 2.36. The smallest absolute Gasteiger partial charge is 0.320 e. The van der Waals surface area contributed by atoms with E-state index in [9.17, 15) is 9.59 Å². The molecule has 1 fully saturated rings. The SMILES string of the molecule is CN(C)C(=O)N(CC(=O)N1CCc2sccc2C1c1ccc(Cl)cc1Cl)CC1CCCO1. The zero-order valence-corrected chi connectivity index (χ0v) is 20.6. The van der Waals surface area contributed by atoms with Crippen LogP contribution in [0.15, 0.2) is 29.6 Å². The first-order valence-corrected chi connectivity index (χ1v) is 12.4. The van der Waals surface area contributed by atoms with Crippen molar-refractivity contribution in [3.05, 3.63) is 55.7 Å². The fraction of sp³-hybridized carbons (Fsp3) is 0.478. The van der Waals surface area contributed by atoms with Gasteiger partial charge in [-0.15, -0.1) is 11.3 Å². The molecule has 172 valence electrons. The van der Waals surface area contributed by atoms with Crippen LogP contribution in [-0.2, 0) is 16.0 Å². The van der Waals surface area contributed by atoms with Crippen LogP contribution < -0.4 is 0 Å². The molecule has 2 aliphatic heterocycles. The van der Waals surface area contributed by atoms with Gasteiger partial charge in [-0.2, -0.15) is 0 Å². The third kappa shape index (κ3) is 4.91. The maximum absolute atomic E-state index is 13.6. The monoisotopic (exact) mass is 495 g/mol. The number of amides is 3. The number of ether oxygens (including phenoxy) is 1. The number of nitrogens with zero attached hydrogens (tertiary/aromatic N) is 3. The molecule has 2 atom stereocenters. The summed E-state index contributed by atoms with van der Waals surface area (Å²) in [5.41, 5.74) is 1.93.